The Hall–Kier alpha value is -5.14. The fourth-order valence-electron chi connectivity index (χ4n) is 5.19. The second-order valence-corrected chi connectivity index (χ2v) is 14.8. The molecule has 0 atom stereocenters. The van der Waals surface area contributed by atoms with Crippen molar-refractivity contribution < 1.29 is 28.5 Å². The molecule has 6 aromatic carbocycles. The van der Waals surface area contributed by atoms with Crippen molar-refractivity contribution in [3.8, 4) is 46.0 Å². The number of hydrogen-bond acceptors (Lipinski definition) is 8. The van der Waals surface area contributed by atoms with Gasteiger partial charge in [0.15, 0.2) is 11.5 Å². The standard InChI is InChI=1S/C42H26Br4N2O6/c43-29-21-31(35(53-27-17-9-3-10-18-27)23-33(29)51-25-13-5-1-6-14-25)47-39-37(45)42(50)40(38(46)41(39)49)48-32-22-30(44)34(52-26-15-7-2-8-16-26)24-36(32)54-28-19-11-4-12-20-28/h1-24,47-48H. The topological polar surface area (TPSA) is 95.1 Å². The molecule has 12 heteroatoms. The Bertz CT molecular complexity index is 2240. The molecule has 8 nitrogen and oxygen atoms in total. The highest BCUT2D eigenvalue weighted by molar-refractivity contribution is 9.12. The van der Waals surface area contributed by atoms with Crippen LogP contribution in [0, 0.1) is 0 Å². The van der Waals surface area contributed by atoms with E-state index in [1.165, 1.54) is 0 Å². The van der Waals surface area contributed by atoms with Crippen molar-refractivity contribution in [1.82, 2.24) is 0 Å². The number of benzene rings is 6. The Morgan fingerprint density at radius 1 is 0.370 bits per heavy atom. The molecule has 0 fully saturated rings. The summed E-state index contributed by atoms with van der Waals surface area (Å²) in [5.74, 6) is 3.01. The zero-order valence-corrected chi connectivity index (χ0v) is 34.2. The summed E-state index contributed by atoms with van der Waals surface area (Å²) in [5, 5.41) is 6.28. The highest BCUT2D eigenvalue weighted by Crippen LogP contribution is 2.44. The molecule has 268 valence electrons. The summed E-state index contributed by atoms with van der Waals surface area (Å²) in [6.07, 6.45) is 0. The van der Waals surface area contributed by atoms with Gasteiger partial charge in [-0.15, -0.1) is 0 Å². The van der Waals surface area contributed by atoms with Crippen molar-refractivity contribution in [2.75, 3.05) is 10.6 Å². The Balaban J connectivity index is 1.20. The number of halogens is 4. The summed E-state index contributed by atoms with van der Waals surface area (Å²) in [6, 6.07) is 43.8. The van der Waals surface area contributed by atoms with E-state index < -0.39 is 11.6 Å². The molecular weight excluding hydrogens is 948 g/mol. The van der Waals surface area contributed by atoms with Crippen LogP contribution in [0.2, 0.25) is 0 Å². The number of ketones is 2. The predicted octanol–water partition coefficient (Wildman–Crippen LogP) is 13.3. The third kappa shape index (κ3) is 8.63. The van der Waals surface area contributed by atoms with Gasteiger partial charge in [0.05, 0.1) is 29.3 Å². The molecule has 0 aromatic heterocycles. The monoisotopic (exact) mass is 970 g/mol. The van der Waals surface area contributed by atoms with Crippen molar-refractivity contribution in [2.24, 2.45) is 0 Å². The first-order chi connectivity index (χ1) is 26.2. The average molecular weight is 974 g/mol. The smallest absolute Gasteiger partial charge is 0.219 e. The summed E-state index contributed by atoms with van der Waals surface area (Å²) in [4.78, 5) is 28.1. The van der Waals surface area contributed by atoms with E-state index in [1.807, 2.05) is 97.1 Å². The molecule has 0 radical (unpaired) electrons. The summed E-state index contributed by atoms with van der Waals surface area (Å²) in [5.41, 5.74) is 0.778. The zero-order valence-electron chi connectivity index (χ0n) is 27.8. The fourth-order valence-corrected chi connectivity index (χ4v) is 6.99. The van der Waals surface area contributed by atoms with Gasteiger partial charge in [0.2, 0.25) is 11.6 Å². The molecule has 0 unspecified atom stereocenters. The maximum absolute atomic E-state index is 14.1. The van der Waals surface area contributed by atoms with Crippen molar-refractivity contribution in [2.45, 2.75) is 0 Å². The molecule has 0 aliphatic heterocycles. The van der Waals surface area contributed by atoms with Gasteiger partial charge in [-0.05, 0) is 124 Å². The Kier molecular flexibility index (Phi) is 11.6. The maximum Gasteiger partial charge on any atom is 0.219 e. The van der Waals surface area contributed by atoms with Crippen LogP contribution in [-0.2, 0) is 9.59 Å². The average Bonchev–Trinajstić information content (AvgIpc) is 3.19. The van der Waals surface area contributed by atoms with Crippen LogP contribution in [0.3, 0.4) is 0 Å². The molecule has 0 heterocycles. The number of Topliss-reactive ketones (excluding diaryl/α,β-unsaturated/α-hetero) is 2. The van der Waals surface area contributed by atoms with Crippen LogP contribution in [0.4, 0.5) is 11.4 Å². The van der Waals surface area contributed by atoms with E-state index in [1.54, 1.807) is 48.5 Å². The lowest BCUT2D eigenvalue weighted by atomic mass is 10.0. The van der Waals surface area contributed by atoms with Crippen molar-refractivity contribution in [3.63, 3.8) is 0 Å². The third-order valence-corrected chi connectivity index (χ3v) is 10.5. The number of anilines is 2. The minimum Gasteiger partial charge on any atom is -0.456 e. The van der Waals surface area contributed by atoms with Crippen molar-refractivity contribution in [1.29, 1.82) is 0 Å². The molecule has 0 amide bonds. The molecule has 0 saturated heterocycles. The molecule has 0 spiro atoms. The first-order valence-corrected chi connectivity index (χ1v) is 19.4. The van der Waals surface area contributed by atoms with Gasteiger partial charge in [-0.2, -0.15) is 0 Å². The lowest BCUT2D eigenvalue weighted by Crippen LogP contribution is -2.27. The van der Waals surface area contributed by atoms with Gasteiger partial charge in [0.1, 0.15) is 45.9 Å². The van der Waals surface area contributed by atoms with Gasteiger partial charge in [-0.1, -0.05) is 72.8 Å². The number of para-hydroxylation sites is 4. The van der Waals surface area contributed by atoms with Crippen LogP contribution in [-0.4, -0.2) is 11.6 Å². The zero-order chi connectivity index (χ0) is 37.6. The number of carbonyl (C=O) groups excluding carboxylic acids is 2. The van der Waals surface area contributed by atoms with E-state index in [2.05, 4.69) is 74.4 Å². The van der Waals surface area contributed by atoms with Crippen molar-refractivity contribution in [3.05, 3.63) is 175 Å². The van der Waals surface area contributed by atoms with Gasteiger partial charge in [0.25, 0.3) is 0 Å². The minimum atomic E-state index is -0.496. The Labute approximate surface area is 344 Å². The number of hydrogen-bond donors (Lipinski definition) is 2. The molecule has 7 rings (SSSR count). The highest BCUT2D eigenvalue weighted by Gasteiger charge is 2.34. The Morgan fingerprint density at radius 3 is 0.944 bits per heavy atom. The number of ether oxygens (including phenoxy) is 4. The summed E-state index contributed by atoms with van der Waals surface area (Å²) >= 11 is 14.0. The molecule has 54 heavy (non-hydrogen) atoms. The lowest BCUT2D eigenvalue weighted by Gasteiger charge is -2.23. The van der Waals surface area contributed by atoms with Crippen LogP contribution < -0.4 is 29.6 Å². The summed E-state index contributed by atoms with van der Waals surface area (Å²) in [6.45, 7) is 0. The maximum atomic E-state index is 14.1. The van der Waals surface area contributed by atoms with E-state index in [-0.39, 0.29) is 20.4 Å². The minimum absolute atomic E-state index is 0.00165. The highest BCUT2D eigenvalue weighted by atomic mass is 79.9. The Morgan fingerprint density at radius 2 is 0.648 bits per heavy atom. The van der Waals surface area contributed by atoms with E-state index in [4.69, 9.17) is 18.9 Å². The first kappa shape index (κ1) is 37.2. The largest absolute Gasteiger partial charge is 0.456 e. The predicted molar refractivity (Wildman–Crippen MR) is 224 cm³/mol. The van der Waals surface area contributed by atoms with Gasteiger partial charge in [-0.3, -0.25) is 9.59 Å². The molecule has 6 aromatic rings. The third-order valence-electron chi connectivity index (χ3n) is 7.76. The van der Waals surface area contributed by atoms with Gasteiger partial charge < -0.3 is 29.6 Å². The molecule has 2 N–H and O–H groups in total. The molecule has 1 aliphatic rings. The number of rotatable bonds is 12. The van der Waals surface area contributed by atoms with Gasteiger partial charge >= 0.3 is 0 Å². The van der Waals surface area contributed by atoms with E-state index in [0.29, 0.717) is 66.3 Å². The van der Waals surface area contributed by atoms with Crippen LogP contribution in [0.5, 0.6) is 46.0 Å². The van der Waals surface area contributed by atoms with Crippen LogP contribution in [0.1, 0.15) is 0 Å². The number of nitrogens with one attached hydrogen (secondary N) is 2. The number of carbonyl (C=O) groups is 2. The SMILES string of the molecule is O=C1C(Br)=C(Nc2cc(Br)c(Oc3ccccc3)cc2Oc2ccccc2)C(=O)C(Br)=C1Nc1cc(Br)c(Oc2ccccc2)cc1Oc1ccccc1. The summed E-state index contributed by atoms with van der Waals surface area (Å²) < 4.78 is 25.9. The summed E-state index contributed by atoms with van der Waals surface area (Å²) in [7, 11) is 0. The van der Waals surface area contributed by atoms with E-state index in [0.717, 1.165) is 0 Å². The fraction of sp³-hybridized carbons (Fsp3) is 0. The molecule has 0 saturated carbocycles. The first-order valence-electron chi connectivity index (χ1n) is 16.2. The van der Waals surface area contributed by atoms with Crippen LogP contribution in [0.15, 0.2) is 175 Å². The normalized spacial score (nSPS) is 12.7. The second kappa shape index (κ2) is 16.9. The quantitative estimate of drug-likeness (QED) is 0.117. The van der Waals surface area contributed by atoms with E-state index in [9.17, 15) is 9.59 Å². The second-order valence-electron chi connectivity index (χ2n) is 11.5. The van der Waals surface area contributed by atoms with E-state index >= 15 is 0 Å². The van der Waals surface area contributed by atoms with Gasteiger partial charge in [0, 0.05) is 12.1 Å². The van der Waals surface area contributed by atoms with Gasteiger partial charge in [-0.25, -0.2) is 0 Å². The molecular formula is C42H26Br4N2O6. The molecule has 1 aliphatic carbocycles. The molecule has 0 bridgehead atoms. The lowest BCUT2D eigenvalue weighted by molar-refractivity contribution is -0.115. The van der Waals surface area contributed by atoms with Crippen LogP contribution in [0.25, 0.3) is 0 Å². The van der Waals surface area contributed by atoms with Crippen LogP contribution >= 0.6 is 63.7 Å². The van der Waals surface area contributed by atoms with Crippen molar-refractivity contribution >= 4 is 86.7 Å². The number of allylic oxidation sites excluding steroid dienone is 2.